The fraction of sp³-hybridized carbons (Fsp3) is 0.741. The van der Waals surface area contributed by atoms with E-state index in [2.05, 4.69) is 64.3 Å². The molecule has 3 aliphatic heterocycles. The maximum absolute atomic E-state index is 13.2. The highest BCUT2D eigenvalue weighted by Crippen LogP contribution is 2.53. The second-order valence-electron chi connectivity index (χ2n) is 12.3. The molecule has 4 rings (SSSR count). The van der Waals surface area contributed by atoms with E-state index in [0.717, 1.165) is 11.1 Å². The van der Waals surface area contributed by atoms with Crippen molar-refractivity contribution in [2.75, 3.05) is 36.9 Å². The Labute approximate surface area is 228 Å². The molecule has 6 nitrogen and oxygen atoms in total. The molecule has 3 fully saturated rings. The second-order valence-corrected chi connectivity index (χ2v) is 17.2. The summed E-state index contributed by atoms with van der Waals surface area (Å²) in [6.45, 7) is 14.3. The van der Waals surface area contributed by atoms with Crippen molar-refractivity contribution in [1.29, 1.82) is 0 Å². The first kappa shape index (κ1) is 28.4. The summed E-state index contributed by atoms with van der Waals surface area (Å²) in [5.41, 5.74) is 8.24. The maximum Gasteiger partial charge on any atom is 0.161 e. The van der Waals surface area contributed by atoms with Gasteiger partial charge in [0.25, 0.3) is 0 Å². The summed E-state index contributed by atoms with van der Waals surface area (Å²) in [4.78, 5) is 38.3. The van der Waals surface area contributed by atoms with Gasteiger partial charge in [-0.3, -0.25) is 14.4 Å². The Balaban J connectivity index is 1.62. The molecule has 0 aromatic rings. The molecule has 0 aromatic carbocycles. The van der Waals surface area contributed by atoms with Gasteiger partial charge in [-0.1, -0.05) is 17.7 Å². The lowest BCUT2D eigenvalue weighted by atomic mass is 9.62. The van der Waals surface area contributed by atoms with E-state index in [1.807, 2.05) is 0 Å². The van der Waals surface area contributed by atoms with Crippen LogP contribution in [-0.2, 0) is 14.4 Å². The van der Waals surface area contributed by atoms with E-state index in [0.29, 0.717) is 43.3 Å². The number of ketones is 3. The molecule has 0 saturated carbocycles. The number of hydrogen-bond donors (Lipinski definition) is 3. The van der Waals surface area contributed by atoms with Gasteiger partial charge in [0.1, 0.15) is 5.78 Å². The number of Topliss-reactive ketones (excluding diaryl/α,β-unsaturated/α-hetero) is 3. The zero-order valence-electron chi connectivity index (χ0n) is 22.4. The van der Waals surface area contributed by atoms with Crippen molar-refractivity contribution in [3.05, 3.63) is 23.3 Å². The molecule has 4 N–H and O–H groups in total. The van der Waals surface area contributed by atoms with Gasteiger partial charge in [-0.15, -0.1) is 35.3 Å². The third-order valence-electron chi connectivity index (χ3n) is 8.23. The zero-order chi connectivity index (χ0) is 26.5. The van der Waals surface area contributed by atoms with Crippen LogP contribution in [0.2, 0.25) is 0 Å². The third kappa shape index (κ3) is 5.43. The van der Waals surface area contributed by atoms with Crippen LogP contribution in [-0.4, -0.2) is 80.6 Å². The molecule has 0 amide bonds. The molecule has 3 saturated heterocycles. The lowest BCUT2D eigenvalue weighted by Crippen LogP contribution is -2.50. The van der Waals surface area contributed by atoms with Gasteiger partial charge < -0.3 is 16.4 Å². The molecule has 0 aromatic heterocycles. The highest BCUT2D eigenvalue weighted by Gasteiger charge is 2.54. The van der Waals surface area contributed by atoms with E-state index in [-0.39, 0.29) is 49.6 Å². The predicted molar refractivity (Wildman–Crippen MR) is 154 cm³/mol. The molecule has 3 heterocycles. The maximum atomic E-state index is 13.2. The van der Waals surface area contributed by atoms with Crippen molar-refractivity contribution >= 4 is 52.6 Å². The first-order chi connectivity index (χ1) is 16.7. The number of carbonyl (C=O) groups is 3. The molecule has 1 aliphatic carbocycles. The van der Waals surface area contributed by atoms with E-state index >= 15 is 0 Å². The third-order valence-corrected chi connectivity index (χ3v) is 12.5. The summed E-state index contributed by atoms with van der Waals surface area (Å²) in [5, 5.41) is 7.06. The van der Waals surface area contributed by atoms with Crippen molar-refractivity contribution in [3.63, 3.8) is 0 Å². The number of hydrogen-bond acceptors (Lipinski definition) is 9. The van der Waals surface area contributed by atoms with Gasteiger partial charge in [0.2, 0.25) is 0 Å². The highest BCUT2D eigenvalue weighted by atomic mass is 32.2. The normalized spacial score (nSPS) is 35.3. The minimum atomic E-state index is -0.485. The number of nitrogens with one attached hydrogen (secondary N) is 2. The van der Waals surface area contributed by atoms with Crippen LogP contribution in [0.4, 0.5) is 0 Å². The summed E-state index contributed by atoms with van der Waals surface area (Å²) in [6.07, 6.45) is 5.10. The Kier molecular flexibility index (Phi) is 8.05. The minimum absolute atomic E-state index is 0.149. The SMILES string of the molecule is CC1(C)SCC(=O)C1NCC1=CC(CN)(C2C(=O)CSC2(C)C)CC(CNC2C(=O)CSC2(C)C)=C1. The van der Waals surface area contributed by atoms with E-state index < -0.39 is 5.41 Å². The Hall–Kier alpha value is -0.580. The van der Waals surface area contributed by atoms with Gasteiger partial charge in [0, 0.05) is 45.2 Å². The van der Waals surface area contributed by atoms with E-state index in [1.54, 1.807) is 35.3 Å². The van der Waals surface area contributed by atoms with Crippen LogP contribution in [0.3, 0.4) is 0 Å². The van der Waals surface area contributed by atoms with Gasteiger partial charge in [0.15, 0.2) is 11.6 Å². The molecule has 4 atom stereocenters. The fourth-order valence-corrected chi connectivity index (χ4v) is 9.81. The largest absolute Gasteiger partial charge is 0.330 e. The molecule has 0 radical (unpaired) electrons. The second kappa shape index (κ2) is 10.2. The minimum Gasteiger partial charge on any atom is -0.330 e. The summed E-state index contributed by atoms with van der Waals surface area (Å²) < 4.78 is -0.511. The molecular weight excluding hydrogens is 511 g/mol. The quantitative estimate of drug-likeness (QED) is 0.420. The van der Waals surface area contributed by atoms with Crippen molar-refractivity contribution in [3.8, 4) is 0 Å². The van der Waals surface area contributed by atoms with Crippen molar-refractivity contribution < 1.29 is 14.4 Å². The van der Waals surface area contributed by atoms with Gasteiger partial charge in [-0.2, -0.15) is 0 Å². The van der Waals surface area contributed by atoms with E-state index in [1.165, 1.54) is 0 Å². The van der Waals surface area contributed by atoms with Crippen molar-refractivity contribution in [1.82, 2.24) is 10.6 Å². The monoisotopic (exact) mass is 551 g/mol. The van der Waals surface area contributed by atoms with Crippen molar-refractivity contribution in [2.24, 2.45) is 17.1 Å². The van der Waals surface area contributed by atoms with Crippen LogP contribution in [0.5, 0.6) is 0 Å². The van der Waals surface area contributed by atoms with Crippen LogP contribution in [0, 0.1) is 11.3 Å². The highest BCUT2D eigenvalue weighted by molar-refractivity contribution is 8.02. The Morgan fingerprint density at radius 2 is 1.31 bits per heavy atom. The predicted octanol–water partition coefficient (Wildman–Crippen LogP) is 3.00. The first-order valence-corrected chi connectivity index (χ1v) is 15.7. The Morgan fingerprint density at radius 3 is 1.75 bits per heavy atom. The molecule has 4 aliphatic rings. The van der Waals surface area contributed by atoms with E-state index in [9.17, 15) is 14.4 Å². The molecule has 0 spiro atoms. The summed E-state index contributed by atoms with van der Waals surface area (Å²) in [7, 11) is 0. The van der Waals surface area contributed by atoms with Gasteiger partial charge >= 0.3 is 0 Å². The van der Waals surface area contributed by atoms with Crippen LogP contribution in [0.1, 0.15) is 48.0 Å². The first-order valence-electron chi connectivity index (χ1n) is 12.8. The molecule has 4 unspecified atom stereocenters. The Bertz CT molecular complexity index is 1000. The number of carbonyl (C=O) groups excluding carboxylic acids is 3. The number of thioether (sulfide) groups is 3. The summed E-state index contributed by atoms with van der Waals surface area (Å²) in [5.74, 6) is 2.15. The standard InChI is InChI=1S/C27H41N3O3S3/c1-24(2)21(18(31)12-34-24)27(15-28)8-16(10-29-22-19(32)13-35-25(22,3)4)7-17(9-27)11-30-23-20(33)14-36-26(23,5)6/h7-8,21-23,29-30H,9-15,28H2,1-6H3. The van der Waals surface area contributed by atoms with Crippen LogP contribution < -0.4 is 16.4 Å². The number of rotatable bonds is 8. The lowest BCUT2D eigenvalue weighted by Gasteiger charge is -2.44. The van der Waals surface area contributed by atoms with Gasteiger partial charge in [-0.05, 0) is 53.5 Å². The van der Waals surface area contributed by atoms with Crippen molar-refractivity contribution in [2.45, 2.75) is 74.3 Å². The van der Waals surface area contributed by atoms with Gasteiger partial charge in [-0.25, -0.2) is 0 Å². The molecule has 9 heteroatoms. The molecule has 36 heavy (non-hydrogen) atoms. The average Bonchev–Trinajstić information content (AvgIpc) is 3.33. The summed E-state index contributed by atoms with van der Waals surface area (Å²) in [6, 6.07) is -0.404. The molecular formula is C27H41N3O3S3. The molecule has 200 valence electrons. The molecule has 0 bridgehead atoms. The zero-order valence-corrected chi connectivity index (χ0v) is 24.8. The van der Waals surface area contributed by atoms with Crippen LogP contribution in [0.25, 0.3) is 0 Å². The fourth-order valence-electron chi connectivity index (χ4n) is 6.47. The number of nitrogens with two attached hydrogens (primary N) is 1. The van der Waals surface area contributed by atoms with Gasteiger partial charge in [0.05, 0.1) is 29.3 Å². The van der Waals surface area contributed by atoms with Crippen LogP contribution in [0.15, 0.2) is 23.3 Å². The smallest absolute Gasteiger partial charge is 0.161 e. The topological polar surface area (TPSA) is 101 Å². The Morgan fingerprint density at radius 1 is 0.806 bits per heavy atom. The summed E-state index contributed by atoms with van der Waals surface area (Å²) >= 11 is 5.10. The lowest BCUT2D eigenvalue weighted by molar-refractivity contribution is -0.123. The van der Waals surface area contributed by atoms with E-state index in [4.69, 9.17) is 5.73 Å². The average molecular weight is 552 g/mol. The van der Waals surface area contributed by atoms with Crippen LogP contribution >= 0.6 is 35.3 Å².